The monoisotopic (exact) mass is 526 g/mol. The molecule has 2 aromatic rings. The molecule has 37 heavy (non-hydrogen) atoms. The number of carbonyl (C=O) groups is 1. The number of anilines is 2. The van der Waals surface area contributed by atoms with Crippen LogP contribution in [-0.4, -0.2) is 77.4 Å². The van der Waals surface area contributed by atoms with E-state index in [4.69, 9.17) is 10.5 Å². The number of nitrogens with two attached hydrogens (primary N) is 1. The number of aliphatic hydroxyl groups excluding tert-OH is 1. The number of piperidine rings is 1. The zero-order chi connectivity index (χ0) is 26.7. The Morgan fingerprint density at radius 3 is 2.78 bits per heavy atom. The van der Waals surface area contributed by atoms with Gasteiger partial charge in [0.1, 0.15) is 6.33 Å². The maximum Gasteiger partial charge on any atom is 0.416 e. The van der Waals surface area contributed by atoms with Gasteiger partial charge in [0.2, 0.25) is 11.7 Å². The summed E-state index contributed by atoms with van der Waals surface area (Å²) in [6, 6.07) is 3.84. The highest BCUT2D eigenvalue weighted by Crippen LogP contribution is 2.37. The number of aliphatic hydroxyl groups is 1. The van der Waals surface area contributed by atoms with E-state index in [1.54, 1.807) is 22.8 Å². The number of β-amino-alcohol motifs (C(OH)–C–C–N with tert-alkyl or cyclic N) is 1. The highest BCUT2D eigenvalue weighted by atomic mass is 19.4. The van der Waals surface area contributed by atoms with Crippen LogP contribution >= 0.6 is 0 Å². The van der Waals surface area contributed by atoms with Gasteiger partial charge < -0.3 is 25.8 Å². The lowest BCUT2D eigenvalue weighted by Crippen LogP contribution is -2.48. The Labute approximate surface area is 211 Å². The number of carbonyl (C=O) groups excluding carboxylic acids is 1. The number of amides is 1. The molecule has 3 heterocycles. The molecule has 0 spiro atoms. The second kappa shape index (κ2) is 11.2. The quantitative estimate of drug-likeness (QED) is 0.470. The number of hydrogen-bond donors (Lipinski definition) is 3. The van der Waals surface area contributed by atoms with Crippen molar-refractivity contribution in [2.75, 3.05) is 49.6 Å². The van der Waals surface area contributed by atoms with Crippen LogP contribution in [0.1, 0.15) is 30.5 Å². The lowest BCUT2D eigenvalue weighted by Gasteiger charge is -2.41. The van der Waals surface area contributed by atoms with Crippen LogP contribution in [0.2, 0.25) is 0 Å². The van der Waals surface area contributed by atoms with E-state index in [-0.39, 0.29) is 56.4 Å². The third-order valence-electron chi connectivity index (χ3n) is 6.78. The fourth-order valence-electron chi connectivity index (χ4n) is 4.89. The Bertz CT molecular complexity index is 1100. The highest BCUT2D eigenvalue weighted by molar-refractivity contribution is 5.75. The zero-order valence-electron chi connectivity index (χ0n) is 20.3. The molecule has 2 saturated heterocycles. The van der Waals surface area contributed by atoms with Crippen molar-refractivity contribution in [3.63, 3.8) is 0 Å². The number of aromatic nitrogens is 2. The highest BCUT2D eigenvalue weighted by Gasteiger charge is 2.36. The summed E-state index contributed by atoms with van der Waals surface area (Å²) in [5.41, 5.74) is 4.76. The second-order valence-electron chi connectivity index (χ2n) is 9.49. The fourth-order valence-corrected chi connectivity index (χ4v) is 4.89. The predicted octanol–water partition coefficient (Wildman–Crippen LogP) is 2.18. The van der Waals surface area contributed by atoms with Gasteiger partial charge in [-0.15, -0.1) is 0 Å². The molecule has 0 aliphatic carbocycles. The van der Waals surface area contributed by atoms with Crippen LogP contribution in [0, 0.1) is 11.7 Å². The van der Waals surface area contributed by atoms with Crippen LogP contribution in [0.25, 0.3) is 0 Å². The summed E-state index contributed by atoms with van der Waals surface area (Å²) in [4.78, 5) is 22.7. The molecule has 2 aliphatic heterocycles. The van der Waals surface area contributed by atoms with E-state index in [1.807, 2.05) is 0 Å². The number of alkyl halides is 3. The first-order valence-corrected chi connectivity index (χ1v) is 12.0. The van der Waals surface area contributed by atoms with Gasteiger partial charge in [0.05, 0.1) is 43.5 Å². The lowest BCUT2D eigenvalue weighted by atomic mass is 9.93. The smallest absolute Gasteiger partial charge is 0.391 e. The van der Waals surface area contributed by atoms with Crippen LogP contribution in [0.15, 0.2) is 30.6 Å². The first-order chi connectivity index (χ1) is 17.5. The van der Waals surface area contributed by atoms with Crippen LogP contribution in [0.3, 0.4) is 0 Å². The number of ether oxygens (including phenoxy) is 1. The number of nitrogens with one attached hydrogen (secondary N) is 1. The minimum absolute atomic E-state index is 0.0486. The van der Waals surface area contributed by atoms with Crippen molar-refractivity contribution in [2.24, 2.45) is 11.7 Å². The van der Waals surface area contributed by atoms with Gasteiger partial charge in [-0.3, -0.25) is 9.69 Å². The summed E-state index contributed by atoms with van der Waals surface area (Å²) in [5, 5.41) is 13.4. The summed E-state index contributed by atoms with van der Waals surface area (Å²) in [6.07, 6.45) is -3.49. The van der Waals surface area contributed by atoms with Gasteiger partial charge in [0.15, 0.2) is 11.6 Å². The van der Waals surface area contributed by atoms with Crippen molar-refractivity contribution in [2.45, 2.75) is 37.7 Å². The first-order valence-electron chi connectivity index (χ1n) is 12.0. The lowest BCUT2D eigenvalue weighted by molar-refractivity contribution is -0.137. The van der Waals surface area contributed by atoms with Gasteiger partial charge in [0, 0.05) is 19.0 Å². The summed E-state index contributed by atoms with van der Waals surface area (Å²) in [5.74, 6) is -1.54. The van der Waals surface area contributed by atoms with E-state index in [0.29, 0.717) is 18.5 Å². The molecule has 9 nitrogen and oxygen atoms in total. The molecular weight excluding hydrogens is 496 g/mol. The van der Waals surface area contributed by atoms with Crippen molar-refractivity contribution >= 4 is 17.5 Å². The third-order valence-corrected chi connectivity index (χ3v) is 6.78. The van der Waals surface area contributed by atoms with Gasteiger partial charge >= 0.3 is 6.18 Å². The largest absolute Gasteiger partial charge is 0.416 e. The Hall–Kier alpha value is -3.03. The van der Waals surface area contributed by atoms with E-state index >= 15 is 4.39 Å². The summed E-state index contributed by atoms with van der Waals surface area (Å²) in [7, 11) is 0. The normalized spacial score (nSPS) is 25.2. The van der Waals surface area contributed by atoms with Crippen molar-refractivity contribution in [1.29, 1.82) is 0 Å². The van der Waals surface area contributed by atoms with Gasteiger partial charge in [-0.25, -0.2) is 9.97 Å². The molecule has 2 fully saturated rings. The molecule has 202 valence electrons. The molecule has 0 unspecified atom stereocenters. The number of halogens is 4. The van der Waals surface area contributed by atoms with Gasteiger partial charge in [0.25, 0.3) is 0 Å². The Balaban J connectivity index is 1.52. The molecule has 0 radical (unpaired) electrons. The maximum atomic E-state index is 15.7. The number of benzene rings is 1. The van der Waals surface area contributed by atoms with E-state index in [1.165, 1.54) is 12.4 Å². The minimum atomic E-state index is -4.51. The van der Waals surface area contributed by atoms with Gasteiger partial charge in [-0.05, 0) is 37.6 Å². The second-order valence-corrected chi connectivity index (χ2v) is 9.49. The van der Waals surface area contributed by atoms with Crippen molar-refractivity contribution in [3.05, 3.63) is 47.5 Å². The molecule has 0 saturated carbocycles. The maximum absolute atomic E-state index is 15.7. The van der Waals surface area contributed by atoms with Crippen molar-refractivity contribution in [3.8, 4) is 0 Å². The molecular formula is C24H30F4N6O3. The Kier molecular flexibility index (Phi) is 8.14. The molecule has 2 aliphatic rings. The summed E-state index contributed by atoms with van der Waals surface area (Å²) < 4.78 is 61.2. The van der Waals surface area contributed by atoms with Crippen LogP contribution < -0.4 is 16.0 Å². The zero-order valence-corrected chi connectivity index (χ0v) is 20.3. The van der Waals surface area contributed by atoms with Crippen LogP contribution in [-0.2, 0) is 15.7 Å². The number of rotatable bonds is 7. The Morgan fingerprint density at radius 1 is 1.30 bits per heavy atom. The average Bonchev–Trinajstić information content (AvgIpc) is 2.84. The summed E-state index contributed by atoms with van der Waals surface area (Å²) >= 11 is 0. The molecule has 1 amide bonds. The molecule has 1 aromatic heterocycles. The third kappa shape index (κ3) is 6.28. The molecule has 4 N–H and O–H groups in total. The number of hydrogen-bond acceptors (Lipinski definition) is 8. The van der Waals surface area contributed by atoms with E-state index in [2.05, 4.69) is 15.3 Å². The van der Waals surface area contributed by atoms with Crippen molar-refractivity contribution < 1.29 is 32.2 Å². The first kappa shape index (κ1) is 27.0. The van der Waals surface area contributed by atoms with Gasteiger partial charge in [-0.2, -0.15) is 17.6 Å². The van der Waals surface area contributed by atoms with E-state index in [0.717, 1.165) is 12.1 Å². The fraction of sp³-hybridized carbons (Fsp3) is 0.542. The minimum Gasteiger partial charge on any atom is -0.391 e. The molecule has 0 bridgehead atoms. The molecule has 4 atom stereocenters. The number of primary amides is 1. The van der Waals surface area contributed by atoms with E-state index in [9.17, 15) is 23.1 Å². The number of morpholine rings is 1. The molecule has 4 rings (SSSR count). The Morgan fingerprint density at radius 2 is 2.08 bits per heavy atom. The standard InChI is InChI=1S/C24H30F4N6O3/c1-14-11-37-12-18(15-3-2-4-17(7-15)24(26,27)28)34(14)23-21(25)22(31-13-32-23)30-8-16-5-6-33(9-19(16)35)10-20(29)36/h2-4,7,13-14,16,18-19,35H,5-6,8-12H2,1H3,(H2,29,36)(H,30,31,32)/t14-,16+,18-,19-/m0/s1. The molecule has 13 heteroatoms. The average molecular weight is 527 g/mol. The van der Waals surface area contributed by atoms with Crippen LogP contribution in [0.4, 0.5) is 29.2 Å². The topological polar surface area (TPSA) is 117 Å². The number of nitrogens with zero attached hydrogens (tertiary/aromatic N) is 4. The predicted molar refractivity (Wildman–Crippen MR) is 127 cm³/mol. The summed E-state index contributed by atoms with van der Waals surface area (Å²) in [6.45, 7) is 3.22. The van der Waals surface area contributed by atoms with Crippen molar-refractivity contribution in [1.82, 2.24) is 14.9 Å². The molecule has 1 aromatic carbocycles. The van der Waals surface area contributed by atoms with Crippen LogP contribution in [0.5, 0.6) is 0 Å². The van der Waals surface area contributed by atoms with Gasteiger partial charge in [-0.1, -0.05) is 12.1 Å². The number of likely N-dealkylation sites (tertiary alicyclic amines) is 1. The SMILES string of the molecule is C[C@H]1COC[C@@H](c2cccc(C(F)(F)F)c2)N1c1ncnc(NC[C@H]2CCN(CC(N)=O)C[C@@H]2O)c1F. The van der Waals surface area contributed by atoms with E-state index < -0.39 is 35.6 Å².